The monoisotopic (exact) mass is 395 g/mol. The van der Waals surface area contributed by atoms with Gasteiger partial charge in [0.2, 0.25) is 0 Å². The molecule has 144 valence electrons. The third kappa shape index (κ3) is 1.81. The van der Waals surface area contributed by atoms with Gasteiger partial charge in [-0.25, -0.2) is 4.98 Å². The van der Waals surface area contributed by atoms with Crippen LogP contribution in [0.3, 0.4) is 0 Å². The zero-order valence-corrected chi connectivity index (χ0v) is 16.8. The number of imidazole rings is 1. The summed E-state index contributed by atoms with van der Waals surface area (Å²) < 4.78 is 2.21. The number of rotatable bonds is 0. The molecule has 0 saturated heterocycles. The minimum Gasteiger partial charge on any atom is -0.298 e. The zero-order valence-electron chi connectivity index (χ0n) is 16.8. The lowest BCUT2D eigenvalue weighted by Crippen LogP contribution is -1.99. The van der Waals surface area contributed by atoms with E-state index in [-0.39, 0.29) is 0 Å². The highest BCUT2D eigenvalue weighted by Crippen LogP contribution is 2.53. The molecule has 0 amide bonds. The minimum absolute atomic E-state index is 0.951. The quantitative estimate of drug-likeness (QED) is 0.287. The van der Waals surface area contributed by atoms with E-state index in [0.717, 1.165) is 29.5 Å². The first-order valence-corrected chi connectivity index (χ1v) is 10.8. The molecule has 2 aliphatic carbocycles. The normalized spacial score (nSPS) is 13.5. The van der Waals surface area contributed by atoms with Crippen molar-refractivity contribution >= 4 is 27.5 Å². The molecule has 3 aromatic carbocycles. The number of benzene rings is 3. The van der Waals surface area contributed by atoms with Crippen molar-refractivity contribution in [3.05, 3.63) is 102 Å². The third-order valence-electron chi connectivity index (χ3n) is 7.16. The number of nitrogens with zero attached hydrogens (tertiary/aromatic N) is 3. The molecule has 3 nitrogen and oxygen atoms in total. The van der Waals surface area contributed by atoms with Gasteiger partial charge in [0.05, 0.1) is 11.0 Å². The lowest BCUT2D eigenvalue weighted by Gasteiger charge is -2.17. The Hall–Kier alpha value is -3.98. The Labute approximate surface area is 178 Å². The highest BCUT2D eigenvalue weighted by atomic mass is 15.0. The molecule has 0 radical (unpaired) electrons. The first-order chi connectivity index (χ1) is 15.4. The van der Waals surface area contributed by atoms with Crippen LogP contribution in [0.2, 0.25) is 0 Å². The summed E-state index contributed by atoms with van der Waals surface area (Å²) >= 11 is 0. The van der Waals surface area contributed by atoms with Crippen LogP contribution >= 0.6 is 0 Å². The second-order valence-electron chi connectivity index (χ2n) is 8.62. The molecule has 2 aliphatic rings. The molecular formula is C28H17N3. The van der Waals surface area contributed by atoms with Crippen molar-refractivity contribution in [2.24, 2.45) is 0 Å². The van der Waals surface area contributed by atoms with Crippen LogP contribution in [0.25, 0.3) is 49.7 Å². The molecule has 0 aliphatic heterocycles. The van der Waals surface area contributed by atoms with Gasteiger partial charge in [-0.05, 0) is 69.5 Å². The molecule has 0 N–H and O–H groups in total. The van der Waals surface area contributed by atoms with Crippen LogP contribution in [0.5, 0.6) is 0 Å². The van der Waals surface area contributed by atoms with Gasteiger partial charge in [0.1, 0.15) is 5.65 Å². The summed E-state index contributed by atoms with van der Waals surface area (Å²) in [6, 6.07) is 21.9. The van der Waals surface area contributed by atoms with E-state index in [9.17, 15) is 0 Å². The molecule has 0 spiro atoms. The standard InChI is InChI=1S/C28H17N3/c1-3-8-18-16(6-1)15-21-23(18)20-14-17-7-2-4-9-19(17)24(20)26-25(21)28-30-12-13-31(28)22-10-5-11-29-27(22)26/h1-13H,14-15H2. The fraction of sp³-hybridized carbons (Fsp3) is 0.0714. The molecule has 6 aromatic rings. The fourth-order valence-electron chi connectivity index (χ4n) is 6.00. The number of hydrogen-bond acceptors (Lipinski definition) is 2. The summed E-state index contributed by atoms with van der Waals surface area (Å²) in [6.45, 7) is 0. The number of pyridine rings is 2. The SMILES string of the molecule is c1ccc2c(c1)Cc1c-2c2c(c3c4ncccc4n4ccnc4c13)-c1ccccc1C2. The summed E-state index contributed by atoms with van der Waals surface area (Å²) in [6.07, 6.45) is 7.82. The molecule has 3 aromatic heterocycles. The van der Waals surface area contributed by atoms with Gasteiger partial charge in [0.15, 0.2) is 0 Å². The van der Waals surface area contributed by atoms with E-state index in [1.165, 1.54) is 55.3 Å². The van der Waals surface area contributed by atoms with Crippen LogP contribution < -0.4 is 0 Å². The first kappa shape index (κ1) is 15.8. The molecule has 8 rings (SSSR count). The molecule has 0 unspecified atom stereocenters. The zero-order chi connectivity index (χ0) is 20.1. The van der Waals surface area contributed by atoms with E-state index in [1.54, 1.807) is 0 Å². The smallest absolute Gasteiger partial charge is 0.145 e. The van der Waals surface area contributed by atoms with E-state index >= 15 is 0 Å². The fourth-order valence-corrected chi connectivity index (χ4v) is 6.00. The maximum absolute atomic E-state index is 4.92. The van der Waals surface area contributed by atoms with Crippen molar-refractivity contribution in [2.45, 2.75) is 12.8 Å². The highest BCUT2D eigenvalue weighted by Gasteiger charge is 2.33. The van der Waals surface area contributed by atoms with Crippen molar-refractivity contribution in [2.75, 3.05) is 0 Å². The molecule has 0 saturated carbocycles. The summed E-state index contributed by atoms with van der Waals surface area (Å²) in [5, 5.41) is 2.53. The van der Waals surface area contributed by atoms with Gasteiger partial charge in [-0.1, -0.05) is 48.5 Å². The Morgan fingerprint density at radius 3 is 2.23 bits per heavy atom. The average molecular weight is 395 g/mol. The van der Waals surface area contributed by atoms with Crippen molar-refractivity contribution < 1.29 is 0 Å². The molecule has 0 fully saturated rings. The van der Waals surface area contributed by atoms with E-state index < -0.39 is 0 Å². The topological polar surface area (TPSA) is 30.2 Å². The van der Waals surface area contributed by atoms with Crippen LogP contribution in [0.1, 0.15) is 22.3 Å². The summed E-state index contributed by atoms with van der Waals surface area (Å²) in [7, 11) is 0. The van der Waals surface area contributed by atoms with Crippen molar-refractivity contribution in [3.63, 3.8) is 0 Å². The Balaban J connectivity index is 1.72. The molecule has 0 atom stereocenters. The third-order valence-corrected chi connectivity index (χ3v) is 7.16. The van der Waals surface area contributed by atoms with Gasteiger partial charge in [-0.2, -0.15) is 0 Å². The van der Waals surface area contributed by atoms with Crippen LogP contribution in [0.15, 0.2) is 79.3 Å². The van der Waals surface area contributed by atoms with E-state index in [4.69, 9.17) is 9.97 Å². The van der Waals surface area contributed by atoms with Gasteiger partial charge < -0.3 is 0 Å². The van der Waals surface area contributed by atoms with Crippen molar-refractivity contribution in [1.82, 2.24) is 14.4 Å². The van der Waals surface area contributed by atoms with E-state index in [0.29, 0.717) is 0 Å². The highest BCUT2D eigenvalue weighted by molar-refractivity contribution is 6.22. The number of fused-ring (bicyclic) bond motifs is 15. The van der Waals surface area contributed by atoms with Crippen LogP contribution in [0, 0.1) is 0 Å². The Bertz CT molecular complexity index is 1740. The molecule has 3 heteroatoms. The van der Waals surface area contributed by atoms with Crippen LogP contribution in [-0.2, 0) is 12.8 Å². The predicted octanol–water partition coefficient (Wildman–Crippen LogP) is 6.18. The Morgan fingerprint density at radius 1 is 0.645 bits per heavy atom. The van der Waals surface area contributed by atoms with Crippen LogP contribution in [0.4, 0.5) is 0 Å². The summed E-state index contributed by atoms with van der Waals surface area (Å²) in [4.78, 5) is 9.77. The van der Waals surface area contributed by atoms with Gasteiger partial charge >= 0.3 is 0 Å². The summed E-state index contributed by atoms with van der Waals surface area (Å²) in [5.41, 5.74) is 14.4. The summed E-state index contributed by atoms with van der Waals surface area (Å²) in [5.74, 6) is 0. The largest absolute Gasteiger partial charge is 0.298 e. The van der Waals surface area contributed by atoms with E-state index in [2.05, 4.69) is 65.2 Å². The van der Waals surface area contributed by atoms with E-state index in [1.807, 2.05) is 18.5 Å². The maximum Gasteiger partial charge on any atom is 0.145 e. The predicted molar refractivity (Wildman–Crippen MR) is 124 cm³/mol. The minimum atomic E-state index is 0.951. The van der Waals surface area contributed by atoms with Crippen molar-refractivity contribution in [3.8, 4) is 22.3 Å². The van der Waals surface area contributed by atoms with Crippen LogP contribution in [-0.4, -0.2) is 14.4 Å². The van der Waals surface area contributed by atoms with Gasteiger partial charge in [0, 0.05) is 29.4 Å². The molecule has 0 bridgehead atoms. The Morgan fingerprint density at radius 2 is 1.39 bits per heavy atom. The maximum atomic E-state index is 4.92. The second-order valence-corrected chi connectivity index (χ2v) is 8.62. The average Bonchev–Trinajstić information content (AvgIpc) is 3.53. The lowest BCUT2D eigenvalue weighted by molar-refractivity contribution is 1.22. The second kappa shape index (κ2) is 5.38. The molecule has 31 heavy (non-hydrogen) atoms. The number of hydrogen-bond donors (Lipinski definition) is 0. The van der Waals surface area contributed by atoms with Gasteiger partial charge in [-0.3, -0.25) is 9.38 Å². The molecular weight excluding hydrogens is 378 g/mol. The lowest BCUT2D eigenvalue weighted by atomic mass is 9.88. The Kier molecular flexibility index (Phi) is 2.74. The first-order valence-electron chi connectivity index (χ1n) is 10.8. The molecule has 3 heterocycles. The van der Waals surface area contributed by atoms with Gasteiger partial charge in [-0.15, -0.1) is 0 Å². The van der Waals surface area contributed by atoms with Crippen molar-refractivity contribution in [1.29, 1.82) is 0 Å². The van der Waals surface area contributed by atoms with Gasteiger partial charge in [0.25, 0.3) is 0 Å². The number of aromatic nitrogens is 3.